The molecule has 0 aromatic rings. The highest BCUT2D eigenvalue weighted by Crippen LogP contribution is 2.23. The van der Waals surface area contributed by atoms with Gasteiger partial charge in [0.2, 0.25) is 10.0 Å². The van der Waals surface area contributed by atoms with Gasteiger partial charge in [0.25, 0.3) is 0 Å². The van der Waals surface area contributed by atoms with E-state index >= 15 is 0 Å². The Morgan fingerprint density at radius 3 is 1.85 bits per heavy atom. The molecule has 0 aromatic heterocycles. The van der Waals surface area contributed by atoms with Crippen molar-refractivity contribution in [2.75, 3.05) is 44.9 Å². The first kappa shape index (κ1) is 11.3. The van der Waals surface area contributed by atoms with Gasteiger partial charge in [-0.2, -0.15) is 4.31 Å². The molecule has 1 heterocycles. The third-order valence-electron chi connectivity index (χ3n) is 2.25. The van der Waals surface area contributed by atoms with Crippen LogP contribution in [0.4, 0.5) is 0 Å². The Hall–Kier alpha value is 0.220. The van der Waals surface area contributed by atoms with Crippen molar-refractivity contribution in [1.82, 2.24) is 8.61 Å². The highest BCUT2D eigenvalue weighted by atomic mass is 32.2. The van der Waals surface area contributed by atoms with E-state index in [0.717, 1.165) is 13.1 Å². The zero-order valence-corrected chi connectivity index (χ0v) is 10.1. The Morgan fingerprint density at radius 2 is 1.54 bits per heavy atom. The van der Waals surface area contributed by atoms with Crippen LogP contribution in [0, 0.1) is 0 Å². The molecule has 80 valence electrons. The zero-order chi connectivity index (χ0) is 10.1. The molecule has 6 heteroatoms. The van der Waals surface area contributed by atoms with Crippen molar-refractivity contribution in [3.05, 3.63) is 0 Å². The third-order valence-corrected chi connectivity index (χ3v) is 5.08. The molecule has 0 unspecified atom stereocenters. The van der Waals surface area contributed by atoms with Gasteiger partial charge in [-0.05, 0) is 12.5 Å². The number of rotatable bonds is 2. The summed E-state index contributed by atoms with van der Waals surface area (Å²) in [6, 6.07) is 0. The molecule has 0 aromatic carbocycles. The molecule has 0 saturated carbocycles. The van der Waals surface area contributed by atoms with E-state index in [1.54, 1.807) is 4.31 Å². The molecule has 0 aliphatic carbocycles. The number of hydrogen-bond acceptors (Lipinski definition) is 3. The van der Waals surface area contributed by atoms with E-state index in [0.29, 0.717) is 13.1 Å². The highest BCUT2D eigenvalue weighted by Gasteiger charge is 2.23. The summed E-state index contributed by atoms with van der Waals surface area (Å²) in [5.74, 6) is 0. The van der Waals surface area contributed by atoms with Gasteiger partial charge in [-0.25, -0.2) is 19.5 Å². The minimum Gasteiger partial charge on any atom is -0.268 e. The lowest BCUT2D eigenvalue weighted by molar-refractivity contribution is 0.289. The zero-order valence-electron chi connectivity index (χ0n) is 8.39. The van der Waals surface area contributed by atoms with E-state index in [1.807, 2.05) is 0 Å². The molecular weight excluding hydrogens is 208 g/mol. The minimum atomic E-state index is -2.96. The fourth-order valence-electron chi connectivity index (χ4n) is 1.41. The summed E-state index contributed by atoms with van der Waals surface area (Å²) in [4.78, 5) is 0. The average Bonchev–Trinajstić information content (AvgIpc) is 2.03. The van der Waals surface area contributed by atoms with Gasteiger partial charge < -0.3 is 0 Å². The standard InChI is InChI=1S/C7H18N2O2S2/c1-12(2)8-4-6-9(7-5-8)13(3,10)11/h12H,4-7H2,1-3H3. The molecule has 0 radical (unpaired) electrons. The molecule has 0 spiro atoms. The lowest BCUT2D eigenvalue weighted by atomic mass is 10.4. The second kappa shape index (κ2) is 4.16. The van der Waals surface area contributed by atoms with Gasteiger partial charge in [0.15, 0.2) is 0 Å². The maximum absolute atomic E-state index is 11.2. The molecule has 13 heavy (non-hydrogen) atoms. The van der Waals surface area contributed by atoms with Gasteiger partial charge in [-0.1, -0.05) is 0 Å². The summed E-state index contributed by atoms with van der Waals surface area (Å²) in [6.07, 6.45) is 5.68. The van der Waals surface area contributed by atoms with Crippen molar-refractivity contribution in [3.8, 4) is 0 Å². The smallest absolute Gasteiger partial charge is 0.211 e. The van der Waals surface area contributed by atoms with Crippen molar-refractivity contribution in [2.45, 2.75) is 0 Å². The maximum atomic E-state index is 11.2. The van der Waals surface area contributed by atoms with Gasteiger partial charge in [-0.15, -0.1) is 0 Å². The van der Waals surface area contributed by atoms with Gasteiger partial charge in [0.1, 0.15) is 0 Å². The van der Waals surface area contributed by atoms with Crippen molar-refractivity contribution in [2.24, 2.45) is 0 Å². The summed E-state index contributed by atoms with van der Waals surface area (Å²) in [7, 11) is -2.96. The Kier molecular flexibility index (Phi) is 3.62. The lowest BCUT2D eigenvalue weighted by Crippen LogP contribution is -2.46. The van der Waals surface area contributed by atoms with Crippen LogP contribution < -0.4 is 0 Å². The first-order chi connectivity index (χ1) is 5.91. The summed E-state index contributed by atoms with van der Waals surface area (Å²) in [5.41, 5.74) is 0. The Labute approximate surface area is 83.4 Å². The fourth-order valence-corrected chi connectivity index (χ4v) is 3.21. The molecule has 1 aliphatic heterocycles. The summed E-state index contributed by atoms with van der Waals surface area (Å²) in [6.45, 7) is 3.07. The van der Waals surface area contributed by atoms with E-state index in [4.69, 9.17) is 0 Å². The molecule has 0 atom stereocenters. The molecule has 1 saturated heterocycles. The molecule has 0 N–H and O–H groups in total. The first-order valence-electron chi connectivity index (χ1n) is 4.28. The molecule has 1 fully saturated rings. The molecular formula is C7H18N2O2S2. The van der Waals surface area contributed by atoms with Gasteiger partial charge in [0.05, 0.1) is 6.26 Å². The second-order valence-electron chi connectivity index (χ2n) is 3.46. The number of nitrogens with zero attached hydrogens (tertiary/aromatic N) is 2. The average molecular weight is 226 g/mol. The van der Waals surface area contributed by atoms with Gasteiger partial charge in [0, 0.05) is 26.2 Å². The largest absolute Gasteiger partial charge is 0.268 e. The number of sulfonamides is 1. The summed E-state index contributed by atoms with van der Waals surface area (Å²) >= 11 is -0.0617. The minimum absolute atomic E-state index is 0.0617. The number of thiol groups is 1. The van der Waals surface area contributed by atoms with Crippen molar-refractivity contribution in [3.63, 3.8) is 0 Å². The summed E-state index contributed by atoms with van der Waals surface area (Å²) in [5, 5.41) is 0. The molecule has 1 aliphatic rings. The van der Waals surface area contributed by atoms with E-state index in [1.165, 1.54) is 6.26 Å². The normalized spacial score (nSPS) is 23.2. The monoisotopic (exact) mass is 226 g/mol. The lowest BCUT2D eigenvalue weighted by Gasteiger charge is -2.37. The second-order valence-corrected chi connectivity index (χ2v) is 7.71. The Morgan fingerprint density at radius 1 is 1.08 bits per heavy atom. The number of piperazine rings is 1. The predicted octanol–water partition coefficient (Wildman–Crippen LogP) is -0.261. The molecule has 0 amide bonds. The van der Waals surface area contributed by atoms with Gasteiger partial charge >= 0.3 is 0 Å². The van der Waals surface area contributed by atoms with Crippen LogP contribution in [-0.4, -0.2) is 62.0 Å². The fraction of sp³-hybridized carbons (Fsp3) is 1.00. The van der Waals surface area contributed by atoms with Crippen molar-refractivity contribution < 1.29 is 8.42 Å². The molecule has 1 rings (SSSR count). The van der Waals surface area contributed by atoms with Crippen LogP contribution in [0.15, 0.2) is 0 Å². The molecule has 4 nitrogen and oxygen atoms in total. The first-order valence-corrected chi connectivity index (χ1v) is 8.32. The van der Waals surface area contributed by atoms with Crippen LogP contribution in [0.25, 0.3) is 0 Å². The highest BCUT2D eigenvalue weighted by molar-refractivity contribution is 8.13. The maximum Gasteiger partial charge on any atom is 0.211 e. The van der Waals surface area contributed by atoms with E-state index in [9.17, 15) is 8.42 Å². The van der Waals surface area contributed by atoms with Crippen molar-refractivity contribution >= 4 is 21.1 Å². The van der Waals surface area contributed by atoms with Crippen LogP contribution in [0.3, 0.4) is 0 Å². The predicted molar refractivity (Wildman–Crippen MR) is 58.8 cm³/mol. The van der Waals surface area contributed by atoms with E-state index < -0.39 is 10.0 Å². The Bertz CT molecular complexity index is 256. The van der Waals surface area contributed by atoms with Crippen LogP contribution >= 0.6 is 11.1 Å². The Balaban J connectivity index is 2.49. The third kappa shape index (κ3) is 3.12. The van der Waals surface area contributed by atoms with Crippen LogP contribution in [0.2, 0.25) is 0 Å². The van der Waals surface area contributed by atoms with Gasteiger partial charge in [-0.3, -0.25) is 4.31 Å². The van der Waals surface area contributed by atoms with E-state index in [-0.39, 0.29) is 11.1 Å². The topological polar surface area (TPSA) is 40.6 Å². The van der Waals surface area contributed by atoms with Crippen LogP contribution in [0.5, 0.6) is 0 Å². The quantitative estimate of drug-likeness (QED) is 0.660. The molecule has 0 bridgehead atoms. The van der Waals surface area contributed by atoms with Crippen LogP contribution in [0.1, 0.15) is 0 Å². The van der Waals surface area contributed by atoms with Crippen molar-refractivity contribution in [1.29, 1.82) is 0 Å². The summed E-state index contributed by atoms with van der Waals surface area (Å²) < 4.78 is 26.3. The van der Waals surface area contributed by atoms with Crippen LogP contribution in [-0.2, 0) is 10.0 Å². The SMILES string of the molecule is C[SH](C)N1CCN(S(C)(=O)=O)CC1. The number of hydrogen-bond donors (Lipinski definition) is 1. The van der Waals surface area contributed by atoms with E-state index in [2.05, 4.69) is 16.8 Å².